The third kappa shape index (κ3) is 3.13. The first-order valence-corrected chi connectivity index (χ1v) is 10.5. The molecule has 26 heavy (non-hydrogen) atoms. The van der Waals surface area contributed by atoms with Crippen LogP contribution in [-0.2, 0) is 19.9 Å². The van der Waals surface area contributed by atoms with E-state index in [0.29, 0.717) is 4.68 Å². The van der Waals surface area contributed by atoms with Crippen LogP contribution in [-0.4, -0.2) is 44.1 Å². The van der Waals surface area contributed by atoms with Crippen molar-refractivity contribution in [3.63, 3.8) is 0 Å². The quantitative estimate of drug-likeness (QED) is 0.687. The van der Waals surface area contributed by atoms with Crippen molar-refractivity contribution in [3.8, 4) is 0 Å². The fourth-order valence-corrected chi connectivity index (χ4v) is 5.10. The maximum atomic E-state index is 12.7. The average Bonchev–Trinajstić information content (AvgIpc) is 2.93. The van der Waals surface area contributed by atoms with Gasteiger partial charge in [-0.2, -0.15) is 4.68 Å². The number of hydrogen-bond donors (Lipinski definition) is 2. The smallest absolute Gasteiger partial charge is 0.432 e. The summed E-state index contributed by atoms with van der Waals surface area (Å²) >= 11 is 0. The molecule has 1 heterocycles. The van der Waals surface area contributed by atoms with Crippen molar-refractivity contribution < 1.29 is 26.7 Å². The van der Waals surface area contributed by atoms with Crippen LogP contribution in [0.15, 0.2) is 58.3 Å². The van der Waals surface area contributed by atoms with E-state index >= 15 is 0 Å². The molecule has 0 aliphatic heterocycles. The van der Waals surface area contributed by atoms with Crippen molar-refractivity contribution in [2.75, 3.05) is 11.0 Å². The lowest BCUT2D eigenvalue weighted by molar-refractivity contribution is 0.194. The molecule has 1 aromatic heterocycles. The van der Waals surface area contributed by atoms with Gasteiger partial charge in [0.2, 0.25) is 0 Å². The highest BCUT2D eigenvalue weighted by Gasteiger charge is 2.26. The summed E-state index contributed by atoms with van der Waals surface area (Å²) in [4.78, 5) is 10.5. The molecular weight excluding hydrogens is 382 g/mol. The number of fused-ring (bicyclic) bond motifs is 1. The number of carboxylic acid groups (broad SMARTS) is 1. The standard InChI is InChI=1S/C15H13N3O6S2/c1-25(21,22)12-8-4-5-9-13(12)26(23,24)17-14-10-6-2-3-7-11(10)18(16-14)15(19)20/h2-9H,1H3,(H,16,17)(H,19,20). The Balaban J connectivity index is 2.16. The molecule has 3 aromatic rings. The highest BCUT2D eigenvalue weighted by Crippen LogP contribution is 2.27. The van der Waals surface area contributed by atoms with Crippen LogP contribution in [0.1, 0.15) is 0 Å². The molecule has 0 bridgehead atoms. The third-order valence-electron chi connectivity index (χ3n) is 3.54. The van der Waals surface area contributed by atoms with Crippen molar-refractivity contribution in [2.24, 2.45) is 0 Å². The largest absolute Gasteiger partial charge is 0.463 e. The highest BCUT2D eigenvalue weighted by molar-refractivity contribution is 7.95. The van der Waals surface area contributed by atoms with E-state index in [1.807, 2.05) is 0 Å². The molecule has 0 aliphatic carbocycles. The number of rotatable bonds is 4. The lowest BCUT2D eigenvalue weighted by Gasteiger charge is -2.09. The second-order valence-electron chi connectivity index (χ2n) is 5.38. The predicted molar refractivity (Wildman–Crippen MR) is 93.5 cm³/mol. The van der Waals surface area contributed by atoms with Gasteiger partial charge >= 0.3 is 6.09 Å². The number of anilines is 1. The minimum absolute atomic E-state index is 0.189. The SMILES string of the molecule is CS(=O)(=O)c1ccccc1S(=O)(=O)Nc1nn(C(=O)O)c2ccccc12. The molecule has 0 fully saturated rings. The molecule has 0 atom stereocenters. The van der Waals surface area contributed by atoms with Gasteiger partial charge in [0.05, 0.1) is 10.4 Å². The number of nitrogens with one attached hydrogen (secondary N) is 1. The lowest BCUT2D eigenvalue weighted by atomic mass is 10.2. The molecule has 0 spiro atoms. The summed E-state index contributed by atoms with van der Waals surface area (Å²) in [6.07, 6.45) is -0.487. The van der Waals surface area contributed by atoms with Gasteiger partial charge in [0.15, 0.2) is 15.7 Å². The van der Waals surface area contributed by atoms with Crippen molar-refractivity contribution in [2.45, 2.75) is 9.79 Å². The van der Waals surface area contributed by atoms with E-state index in [1.54, 1.807) is 12.1 Å². The van der Waals surface area contributed by atoms with Crippen LogP contribution >= 0.6 is 0 Å². The Bertz CT molecular complexity index is 1230. The Morgan fingerprint density at radius 3 is 2.19 bits per heavy atom. The Kier molecular flexibility index (Phi) is 4.20. The summed E-state index contributed by atoms with van der Waals surface area (Å²) in [7, 11) is -8.13. The Morgan fingerprint density at radius 1 is 1.00 bits per heavy atom. The maximum Gasteiger partial charge on any atom is 0.432 e. The van der Waals surface area contributed by atoms with E-state index in [1.165, 1.54) is 30.3 Å². The molecule has 0 radical (unpaired) electrons. The number of sulfonamides is 1. The Labute approximate surface area is 148 Å². The molecule has 0 saturated carbocycles. The summed E-state index contributed by atoms with van der Waals surface area (Å²) in [5.74, 6) is -0.216. The van der Waals surface area contributed by atoms with Gasteiger partial charge in [-0.1, -0.05) is 24.3 Å². The highest BCUT2D eigenvalue weighted by atomic mass is 32.2. The number of benzene rings is 2. The Morgan fingerprint density at radius 2 is 1.58 bits per heavy atom. The van der Waals surface area contributed by atoms with Crippen molar-refractivity contribution in [1.29, 1.82) is 0 Å². The summed E-state index contributed by atoms with van der Waals surface area (Å²) in [6, 6.07) is 11.3. The molecule has 11 heteroatoms. The minimum atomic E-state index is -4.33. The molecular formula is C15H13N3O6S2. The van der Waals surface area contributed by atoms with Crippen LogP contribution in [0, 0.1) is 0 Å². The second-order valence-corrected chi connectivity index (χ2v) is 9.02. The van der Waals surface area contributed by atoms with Crippen molar-refractivity contribution >= 4 is 42.7 Å². The van der Waals surface area contributed by atoms with Gasteiger partial charge in [0.25, 0.3) is 10.0 Å². The number of hydrogen-bond acceptors (Lipinski definition) is 6. The summed E-state index contributed by atoms with van der Waals surface area (Å²) in [5, 5.41) is 13.2. The van der Waals surface area contributed by atoms with E-state index in [-0.39, 0.29) is 21.6 Å². The van der Waals surface area contributed by atoms with Crippen LogP contribution in [0.25, 0.3) is 10.9 Å². The number of carbonyl (C=O) groups is 1. The first-order valence-electron chi connectivity index (χ1n) is 7.14. The molecule has 136 valence electrons. The van der Waals surface area contributed by atoms with E-state index in [0.717, 1.165) is 12.3 Å². The van der Waals surface area contributed by atoms with Gasteiger partial charge < -0.3 is 5.11 Å². The molecule has 0 aliphatic rings. The maximum absolute atomic E-state index is 12.7. The van der Waals surface area contributed by atoms with Gasteiger partial charge in [0, 0.05) is 11.6 Å². The zero-order chi connectivity index (χ0) is 19.1. The molecule has 2 aromatic carbocycles. The van der Waals surface area contributed by atoms with Gasteiger partial charge in [-0.05, 0) is 24.3 Å². The Hall–Kier alpha value is -2.92. The van der Waals surface area contributed by atoms with E-state index in [9.17, 15) is 26.7 Å². The lowest BCUT2D eigenvalue weighted by Crippen LogP contribution is -2.17. The first-order chi connectivity index (χ1) is 12.1. The predicted octanol–water partition coefficient (Wildman–Crippen LogP) is 1.77. The number of aromatic nitrogens is 2. The molecule has 0 amide bonds. The molecule has 2 N–H and O–H groups in total. The van der Waals surface area contributed by atoms with E-state index < -0.39 is 30.8 Å². The zero-order valence-electron chi connectivity index (χ0n) is 13.3. The summed E-state index contributed by atoms with van der Waals surface area (Å²) in [6.45, 7) is 0. The molecule has 0 unspecified atom stereocenters. The third-order valence-corrected chi connectivity index (χ3v) is 6.22. The molecule has 0 saturated heterocycles. The van der Waals surface area contributed by atoms with Crippen LogP contribution in [0.4, 0.5) is 10.6 Å². The van der Waals surface area contributed by atoms with Crippen molar-refractivity contribution in [3.05, 3.63) is 48.5 Å². The number of nitrogens with zero attached hydrogens (tertiary/aromatic N) is 2. The van der Waals surface area contributed by atoms with E-state index in [4.69, 9.17) is 0 Å². The van der Waals surface area contributed by atoms with Crippen molar-refractivity contribution in [1.82, 2.24) is 9.78 Å². The van der Waals surface area contributed by atoms with Gasteiger partial charge in [0.1, 0.15) is 4.90 Å². The summed E-state index contributed by atoms with van der Waals surface area (Å²) < 4.78 is 52.0. The van der Waals surface area contributed by atoms with Crippen LogP contribution < -0.4 is 4.72 Å². The normalized spacial score (nSPS) is 12.2. The summed E-state index contributed by atoms with van der Waals surface area (Å²) in [5.41, 5.74) is 0.189. The number of sulfone groups is 1. The van der Waals surface area contributed by atoms with E-state index in [2.05, 4.69) is 9.82 Å². The topological polar surface area (TPSA) is 135 Å². The second kappa shape index (κ2) is 6.11. The average molecular weight is 395 g/mol. The first kappa shape index (κ1) is 17.9. The van der Waals surface area contributed by atoms with Gasteiger partial charge in [-0.15, -0.1) is 5.10 Å². The zero-order valence-corrected chi connectivity index (χ0v) is 15.0. The van der Waals surface area contributed by atoms with Crippen LogP contribution in [0.2, 0.25) is 0 Å². The van der Waals surface area contributed by atoms with Gasteiger partial charge in [-0.3, -0.25) is 4.72 Å². The van der Waals surface area contributed by atoms with Crippen LogP contribution in [0.3, 0.4) is 0 Å². The molecule has 9 nitrogen and oxygen atoms in total. The van der Waals surface area contributed by atoms with Gasteiger partial charge in [-0.25, -0.2) is 21.6 Å². The monoisotopic (exact) mass is 395 g/mol. The number of para-hydroxylation sites is 1. The minimum Gasteiger partial charge on any atom is -0.463 e. The fraction of sp³-hybridized carbons (Fsp3) is 0.0667. The fourth-order valence-electron chi connectivity index (χ4n) is 2.45. The molecule has 3 rings (SSSR count). The van der Waals surface area contributed by atoms with Crippen LogP contribution in [0.5, 0.6) is 0 Å².